The van der Waals surface area contributed by atoms with E-state index in [9.17, 15) is 14.4 Å². The molecule has 3 aromatic rings. The zero-order valence-electron chi connectivity index (χ0n) is 11.1. The molecule has 0 fully saturated rings. The van der Waals surface area contributed by atoms with Crippen molar-refractivity contribution in [2.75, 3.05) is 5.32 Å². The first-order chi connectivity index (χ1) is 10.5. The zero-order chi connectivity index (χ0) is 15.7. The Morgan fingerprint density at radius 2 is 1.95 bits per heavy atom. The number of pyridine rings is 1. The summed E-state index contributed by atoms with van der Waals surface area (Å²) in [6.45, 7) is 0. The Morgan fingerprint density at radius 3 is 2.77 bits per heavy atom. The molecule has 0 saturated heterocycles. The summed E-state index contributed by atoms with van der Waals surface area (Å²) in [5.41, 5.74) is -0.973. The molecule has 0 atom stereocenters. The van der Waals surface area contributed by atoms with E-state index in [2.05, 4.69) is 26.2 Å². The summed E-state index contributed by atoms with van der Waals surface area (Å²) in [4.78, 5) is 38.2. The van der Waals surface area contributed by atoms with Gasteiger partial charge in [0, 0.05) is 16.1 Å². The maximum atomic E-state index is 12.2. The summed E-state index contributed by atoms with van der Waals surface area (Å²) in [6, 6.07) is 9.73. The lowest BCUT2D eigenvalue weighted by Gasteiger charge is -2.04. The van der Waals surface area contributed by atoms with Crippen LogP contribution in [0.15, 0.2) is 61.1 Å². The van der Waals surface area contributed by atoms with Crippen LogP contribution in [-0.4, -0.2) is 10.9 Å². The Morgan fingerprint density at radius 1 is 1.18 bits per heavy atom. The maximum Gasteiger partial charge on any atom is 0.349 e. The summed E-state index contributed by atoms with van der Waals surface area (Å²) in [6.07, 6.45) is 1.45. The number of halogens is 1. The molecule has 110 valence electrons. The molecule has 22 heavy (non-hydrogen) atoms. The summed E-state index contributed by atoms with van der Waals surface area (Å²) < 4.78 is 5.68. The van der Waals surface area contributed by atoms with Gasteiger partial charge in [0.15, 0.2) is 0 Å². The smallest absolute Gasteiger partial charge is 0.349 e. The van der Waals surface area contributed by atoms with Crippen LogP contribution in [0.1, 0.15) is 10.4 Å². The predicted octanol–water partition coefficient (Wildman–Crippen LogP) is 2.50. The molecular formula is C15H9BrN2O4. The summed E-state index contributed by atoms with van der Waals surface area (Å²) >= 11 is 3.19. The summed E-state index contributed by atoms with van der Waals surface area (Å²) in [5.74, 6) is -0.705. The van der Waals surface area contributed by atoms with E-state index in [1.165, 1.54) is 18.3 Å². The van der Waals surface area contributed by atoms with Gasteiger partial charge in [0.05, 0.1) is 0 Å². The van der Waals surface area contributed by atoms with Gasteiger partial charge >= 0.3 is 5.63 Å². The first kappa shape index (κ1) is 14.3. The third-order valence-corrected chi connectivity index (χ3v) is 3.46. The molecule has 2 heterocycles. The molecule has 0 radical (unpaired) electrons. The van der Waals surface area contributed by atoms with Crippen molar-refractivity contribution in [3.63, 3.8) is 0 Å². The molecule has 0 aliphatic rings. The first-order valence-corrected chi connectivity index (χ1v) is 7.06. The van der Waals surface area contributed by atoms with Crippen LogP contribution in [0.2, 0.25) is 0 Å². The fourth-order valence-corrected chi connectivity index (χ4v) is 2.30. The largest absolute Gasteiger partial charge is 0.422 e. The minimum atomic E-state index is -0.761. The van der Waals surface area contributed by atoms with E-state index in [-0.39, 0.29) is 11.3 Å². The molecule has 6 nitrogen and oxygen atoms in total. The molecule has 1 aromatic carbocycles. The third-order valence-electron chi connectivity index (χ3n) is 3.00. The van der Waals surface area contributed by atoms with Gasteiger partial charge in [0.25, 0.3) is 11.5 Å². The van der Waals surface area contributed by atoms with E-state index in [0.717, 1.165) is 0 Å². The fraction of sp³-hybridized carbons (Fsp3) is 0. The van der Waals surface area contributed by atoms with Crippen molar-refractivity contribution in [3.8, 4) is 0 Å². The number of aromatic nitrogens is 1. The Balaban J connectivity index is 2.02. The minimum Gasteiger partial charge on any atom is -0.422 e. The minimum absolute atomic E-state index is 0.0342. The molecule has 0 bridgehead atoms. The van der Waals surface area contributed by atoms with Gasteiger partial charge in [0.1, 0.15) is 16.8 Å². The second-order valence-electron chi connectivity index (χ2n) is 4.50. The van der Waals surface area contributed by atoms with Gasteiger partial charge in [-0.25, -0.2) is 4.79 Å². The number of amides is 1. The SMILES string of the molecule is O=C(Nc1cc(Br)c[nH]c1=O)c1cc2ccccc2oc1=O. The van der Waals surface area contributed by atoms with Crippen molar-refractivity contribution in [3.05, 3.63) is 73.4 Å². The number of fused-ring (bicyclic) bond motifs is 1. The van der Waals surface area contributed by atoms with Crippen molar-refractivity contribution in [1.29, 1.82) is 0 Å². The van der Waals surface area contributed by atoms with Gasteiger partial charge < -0.3 is 14.7 Å². The normalized spacial score (nSPS) is 10.6. The Hall–Kier alpha value is -2.67. The van der Waals surface area contributed by atoms with E-state index < -0.39 is 17.1 Å². The van der Waals surface area contributed by atoms with Crippen LogP contribution in [-0.2, 0) is 0 Å². The van der Waals surface area contributed by atoms with Gasteiger partial charge in [0.2, 0.25) is 0 Å². The Kier molecular flexibility index (Phi) is 3.64. The highest BCUT2D eigenvalue weighted by Gasteiger charge is 2.15. The average molecular weight is 361 g/mol. The van der Waals surface area contributed by atoms with Gasteiger partial charge in [-0.15, -0.1) is 0 Å². The number of carbonyl (C=O) groups is 1. The van der Waals surface area contributed by atoms with E-state index in [1.807, 2.05) is 0 Å². The summed E-state index contributed by atoms with van der Waals surface area (Å²) in [5, 5.41) is 3.02. The first-order valence-electron chi connectivity index (χ1n) is 6.27. The van der Waals surface area contributed by atoms with Crippen LogP contribution in [0.5, 0.6) is 0 Å². The molecule has 0 aliphatic carbocycles. The van der Waals surface area contributed by atoms with Gasteiger partial charge in [-0.3, -0.25) is 9.59 Å². The monoisotopic (exact) mass is 360 g/mol. The Labute approximate surface area is 131 Å². The van der Waals surface area contributed by atoms with Crippen molar-refractivity contribution < 1.29 is 9.21 Å². The highest BCUT2D eigenvalue weighted by molar-refractivity contribution is 9.10. The second-order valence-corrected chi connectivity index (χ2v) is 5.42. The number of para-hydroxylation sites is 1. The van der Waals surface area contributed by atoms with E-state index in [0.29, 0.717) is 15.4 Å². The quantitative estimate of drug-likeness (QED) is 0.686. The van der Waals surface area contributed by atoms with E-state index in [4.69, 9.17) is 4.42 Å². The second kappa shape index (κ2) is 5.61. The lowest BCUT2D eigenvalue weighted by atomic mass is 10.2. The van der Waals surface area contributed by atoms with E-state index in [1.54, 1.807) is 24.3 Å². The number of rotatable bonds is 2. The topological polar surface area (TPSA) is 92.2 Å². The lowest BCUT2D eigenvalue weighted by molar-refractivity contribution is 0.102. The third kappa shape index (κ3) is 2.71. The molecule has 2 aromatic heterocycles. The number of anilines is 1. The zero-order valence-corrected chi connectivity index (χ0v) is 12.6. The number of H-pyrrole nitrogens is 1. The molecule has 0 unspecified atom stereocenters. The van der Waals surface area contributed by atoms with Crippen LogP contribution in [0.3, 0.4) is 0 Å². The van der Waals surface area contributed by atoms with Gasteiger partial charge in [-0.2, -0.15) is 0 Å². The van der Waals surface area contributed by atoms with Crippen LogP contribution >= 0.6 is 15.9 Å². The summed E-state index contributed by atoms with van der Waals surface area (Å²) in [7, 11) is 0. The predicted molar refractivity (Wildman–Crippen MR) is 85.2 cm³/mol. The van der Waals surface area contributed by atoms with Gasteiger partial charge in [-0.1, -0.05) is 18.2 Å². The number of aromatic amines is 1. The van der Waals surface area contributed by atoms with Crippen molar-refractivity contribution in [1.82, 2.24) is 4.98 Å². The van der Waals surface area contributed by atoms with Crippen LogP contribution in [0.4, 0.5) is 5.69 Å². The lowest BCUT2D eigenvalue weighted by Crippen LogP contribution is -2.24. The Bertz CT molecular complexity index is 990. The molecule has 2 N–H and O–H groups in total. The molecule has 0 saturated carbocycles. The number of benzene rings is 1. The highest BCUT2D eigenvalue weighted by Crippen LogP contribution is 2.14. The molecule has 7 heteroatoms. The number of hydrogen-bond acceptors (Lipinski definition) is 4. The maximum absolute atomic E-state index is 12.2. The van der Waals surface area contributed by atoms with Crippen molar-refractivity contribution in [2.45, 2.75) is 0 Å². The van der Waals surface area contributed by atoms with Crippen LogP contribution < -0.4 is 16.5 Å². The van der Waals surface area contributed by atoms with Crippen LogP contribution in [0, 0.1) is 0 Å². The highest BCUT2D eigenvalue weighted by atomic mass is 79.9. The molecule has 1 amide bonds. The number of hydrogen-bond donors (Lipinski definition) is 2. The van der Waals surface area contributed by atoms with E-state index >= 15 is 0 Å². The average Bonchev–Trinajstić information content (AvgIpc) is 2.50. The fourth-order valence-electron chi connectivity index (χ4n) is 1.96. The standard InChI is InChI=1S/C15H9BrN2O4/c16-9-6-11(14(20)17-7-9)18-13(19)10-5-8-3-1-2-4-12(8)22-15(10)21/h1-7H,(H,17,20)(H,18,19). The van der Waals surface area contributed by atoms with Crippen molar-refractivity contribution in [2.24, 2.45) is 0 Å². The molecule has 3 rings (SSSR count). The van der Waals surface area contributed by atoms with Gasteiger partial charge in [-0.05, 0) is 34.1 Å². The molecular weight excluding hydrogens is 352 g/mol. The number of nitrogens with one attached hydrogen (secondary N) is 2. The molecule has 0 aliphatic heterocycles. The number of carbonyl (C=O) groups excluding carboxylic acids is 1. The van der Waals surface area contributed by atoms with Crippen LogP contribution in [0.25, 0.3) is 11.0 Å². The van der Waals surface area contributed by atoms with Crippen molar-refractivity contribution >= 4 is 38.5 Å². The molecule has 0 spiro atoms.